The molecule has 0 radical (unpaired) electrons. The summed E-state index contributed by atoms with van der Waals surface area (Å²) in [5.74, 6) is -1.03. The molecule has 0 aromatic carbocycles. The first kappa shape index (κ1) is 16.4. The molecule has 0 spiro atoms. The van der Waals surface area contributed by atoms with Crippen molar-refractivity contribution in [3.63, 3.8) is 0 Å². The zero-order valence-electron chi connectivity index (χ0n) is 11.0. The molecule has 0 saturated heterocycles. The van der Waals surface area contributed by atoms with Gasteiger partial charge in [0.1, 0.15) is 0 Å². The highest BCUT2D eigenvalue weighted by Crippen LogP contribution is 2.18. The Labute approximate surface area is 104 Å². The maximum atomic E-state index is 11.6. The van der Waals surface area contributed by atoms with E-state index >= 15 is 0 Å². The predicted molar refractivity (Wildman–Crippen MR) is 67.3 cm³/mol. The Morgan fingerprint density at radius 1 is 1.35 bits per heavy atom. The molecule has 0 rings (SSSR count). The molecule has 0 heterocycles. The Morgan fingerprint density at radius 2 is 1.88 bits per heavy atom. The number of aliphatic carboxylic acids is 1. The lowest BCUT2D eigenvalue weighted by atomic mass is 9.94. The van der Waals surface area contributed by atoms with Crippen LogP contribution in [0.2, 0.25) is 0 Å². The maximum Gasteiger partial charge on any atom is 0.303 e. The van der Waals surface area contributed by atoms with Crippen molar-refractivity contribution >= 4 is 16.0 Å². The highest BCUT2D eigenvalue weighted by Gasteiger charge is 2.18. The van der Waals surface area contributed by atoms with Gasteiger partial charge in [0, 0.05) is 13.0 Å². The van der Waals surface area contributed by atoms with Crippen molar-refractivity contribution in [2.24, 2.45) is 11.3 Å². The van der Waals surface area contributed by atoms with Gasteiger partial charge in [0.25, 0.3) is 0 Å². The van der Waals surface area contributed by atoms with Crippen LogP contribution in [-0.2, 0) is 14.8 Å². The van der Waals surface area contributed by atoms with E-state index in [-0.39, 0.29) is 30.1 Å². The summed E-state index contributed by atoms with van der Waals surface area (Å²) in [6, 6.07) is 0. The molecule has 1 unspecified atom stereocenters. The van der Waals surface area contributed by atoms with Crippen molar-refractivity contribution < 1.29 is 18.3 Å². The minimum Gasteiger partial charge on any atom is -0.481 e. The minimum absolute atomic E-state index is 0.0260. The van der Waals surface area contributed by atoms with Crippen molar-refractivity contribution in [2.75, 3.05) is 12.3 Å². The molecule has 0 aliphatic carbocycles. The minimum atomic E-state index is -3.29. The van der Waals surface area contributed by atoms with E-state index in [1.807, 2.05) is 20.8 Å². The standard InChI is InChI=1S/C11H23NO4S/c1-9(7-10(13)14)8-12-17(15,16)6-5-11(2,3)4/h9,12H,5-8H2,1-4H3,(H,13,14). The number of hydrogen-bond acceptors (Lipinski definition) is 3. The van der Waals surface area contributed by atoms with E-state index in [0.717, 1.165) is 0 Å². The molecule has 0 amide bonds. The first-order valence-electron chi connectivity index (χ1n) is 5.71. The second kappa shape index (κ2) is 6.35. The summed E-state index contributed by atoms with van der Waals surface area (Å²) in [5, 5.41) is 8.55. The molecule has 0 bridgehead atoms. The topological polar surface area (TPSA) is 83.5 Å². The zero-order valence-corrected chi connectivity index (χ0v) is 11.8. The fourth-order valence-corrected chi connectivity index (χ4v) is 2.72. The average molecular weight is 265 g/mol. The summed E-state index contributed by atoms with van der Waals surface area (Å²) in [4.78, 5) is 10.4. The molecule has 2 N–H and O–H groups in total. The van der Waals surface area contributed by atoms with Gasteiger partial charge < -0.3 is 5.11 Å². The Kier molecular flexibility index (Phi) is 6.12. The van der Waals surface area contributed by atoms with Crippen molar-refractivity contribution in [3.8, 4) is 0 Å². The number of carboxylic acids is 1. The Bertz CT molecular complexity index is 343. The van der Waals surface area contributed by atoms with Crippen LogP contribution in [0.1, 0.15) is 40.5 Å². The Balaban J connectivity index is 4.06. The van der Waals surface area contributed by atoms with Crippen LogP contribution in [-0.4, -0.2) is 31.8 Å². The molecule has 6 heteroatoms. The third-order valence-corrected chi connectivity index (χ3v) is 3.64. The molecule has 1 atom stereocenters. The number of rotatable bonds is 7. The van der Waals surface area contributed by atoms with Crippen molar-refractivity contribution in [2.45, 2.75) is 40.5 Å². The maximum absolute atomic E-state index is 11.6. The summed E-state index contributed by atoms with van der Waals surface area (Å²) in [5.41, 5.74) is -0.0264. The van der Waals surface area contributed by atoms with E-state index in [9.17, 15) is 13.2 Å². The predicted octanol–water partition coefficient (Wildman–Crippen LogP) is 1.45. The molecule has 102 valence electrons. The van der Waals surface area contributed by atoms with Gasteiger partial charge in [-0.05, 0) is 17.8 Å². The molecule has 0 aliphatic heterocycles. The van der Waals surface area contributed by atoms with Gasteiger partial charge in [-0.2, -0.15) is 0 Å². The molecule has 0 saturated carbocycles. The monoisotopic (exact) mass is 265 g/mol. The normalized spacial score (nSPS) is 14.6. The Hall–Kier alpha value is -0.620. The van der Waals surface area contributed by atoms with E-state index in [0.29, 0.717) is 6.42 Å². The van der Waals surface area contributed by atoms with E-state index < -0.39 is 16.0 Å². The quantitative estimate of drug-likeness (QED) is 0.730. The lowest BCUT2D eigenvalue weighted by molar-refractivity contribution is -0.137. The van der Waals surface area contributed by atoms with Crippen LogP contribution >= 0.6 is 0 Å². The Morgan fingerprint density at radius 3 is 2.29 bits per heavy atom. The van der Waals surface area contributed by atoms with Crippen LogP contribution in [0.3, 0.4) is 0 Å². The smallest absolute Gasteiger partial charge is 0.303 e. The number of sulfonamides is 1. The molecule has 5 nitrogen and oxygen atoms in total. The first-order valence-corrected chi connectivity index (χ1v) is 7.36. The molecule has 17 heavy (non-hydrogen) atoms. The number of carbonyl (C=O) groups is 1. The van der Waals surface area contributed by atoms with E-state index in [2.05, 4.69) is 4.72 Å². The van der Waals surface area contributed by atoms with E-state index in [1.165, 1.54) is 0 Å². The van der Waals surface area contributed by atoms with E-state index in [1.54, 1.807) is 6.92 Å². The van der Waals surface area contributed by atoms with Gasteiger partial charge in [-0.3, -0.25) is 4.79 Å². The van der Waals surface area contributed by atoms with Crippen LogP contribution < -0.4 is 4.72 Å². The molecular formula is C11H23NO4S. The number of hydrogen-bond donors (Lipinski definition) is 2. The third kappa shape index (κ3) is 10.3. The van der Waals surface area contributed by atoms with Crippen molar-refractivity contribution in [3.05, 3.63) is 0 Å². The molecule has 0 aliphatic rings. The summed E-state index contributed by atoms with van der Waals surface area (Å²) in [6.07, 6.45) is 0.553. The summed E-state index contributed by atoms with van der Waals surface area (Å²) < 4.78 is 25.7. The highest BCUT2D eigenvalue weighted by molar-refractivity contribution is 7.89. The summed E-state index contributed by atoms with van der Waals surface area (Å²) in [6.45, 7) is 7.83. The van der Waals surface area contributed by atoms with Crippen LogP contribution in [0.4, 0.5) is 0 Å². The molecular weight excluding hydrogens is 242 g/mol. The van der Waals surface area contributed by atoms with Gasteiger partial charge in [-0.15, -0.1) is 0 Å². The number of carboxylic acid groups (broad SMARTS) is 1. The fourth-order valence-electron chi connectivity index (χ4n) is 1.15. The van der Waals surface area contributed by atoms with Crippen LogP contribution in [0, 0.1) is 11.3 Å². The van der Waals surface area contributed by atoms with Gasteiger partial charge >= 0.3 is 5.97 Å². The lowest BCUT2D eigenvalue weighted by Gasteiger charge is -2.18. The van der Waals surface area contributed by atoms with Crippen LogP contribution in [0.5, 0.6) is 0 Å². The summed E-state index contributed by atoms with van der Waals surface area (Å²) >= 11 is 0. The zero-order chi connectivity index (χ0) is 13.7. The van der Waals surface area contributed by atoms with Crippen molar-refractivity contribution in [1.82, 2.24) is 4.72 Å². The summed E-state index contributed by atoms with van der Waals surface area (Å²) in [7, 11) is -3.29. The molecule has 0 aromatic rings. The second-order valence-corrected chi connectivity index (χ2v) is 7.61. The van der Waals surface area contributed by atoms with Crippen molar-refractivity contribution in [1.29, 1.82) is 0 Å². The van der Waals surface area contributed by atoms with Crippen LogP contribution in [0.15, 0.2) is 0 Å². The average Bonchev–Trinajstić information content (AvgIpc) is 2.10. The highest BCUT2D eigenvalue weighted by atomic mass is 32.2. The van der Waals surface area contributed by atoms with Crippen LogP contribution in [0.25, 0.3) is 0 Å². The number of nitrogens with one attached hydrogen (secondary N) is 1. The molecule has 0 fully saturated rings. The second-order valence-electron chi connectivity index (χ2n) is 5.68. The first-order chi connectivity index (χ1) is 7.52. The fraction of sp³-hybridized carbons (Fsp3) is 0.909. The molecule has 0 aromatic heterocycles. The van der Waals surface area contributed by atoms with E-state index in [4.69, 9.17) is 5.11 Å². The largest absolute Gasteiger partial charge is 0.481 e. The van der Waals surface area contributed by atoms with Gasteiger partial charge in [0.2, 0.25) is 10.0 Å². The van der Waals surface area contributed by atoms with Gasteiger partial charge in [0.15, 0.2) is 0 Å². The lowest BCUT2D eigenvalue weighted by Crippen LogP contribution is -2.32. The van der Waals surface area contributed by atoms with Gasteiger partial charge in [-0.1, -0.05) is 27.7 Å². The van der Waals surface area contributed by atoms with Gasteiger partial charge in [-0.25, -0.2) is 13.1 Å². The van der Waals surface area contributed by atoms with Gasteiger partial charge in [0.05, 0.1) is 5.75 Å². The SMILES string of the molecule is CC(CNS(=O)(=O)CCC(C)(C)C)CC(=O)O. The third-order valence-electron chi connectivity index (χ3n) is 2.30.